The van der Waals surface area contributed by atoms with Crippen molar-refractivity contribution in [2.75, 3.05) is 14.2 Å². The zero-order valence-electron chi connectivity index (χ0n) is 21.3. The van der Waals surface area contributed by atoms with Crippen molar-refractivity contribution in [2.45, 2.75) is 75.6 Å². The van der Waals surface area contributed by atoms with Gasteiger partial charge in [0.2, 0.25) is 0 Å². The van der Waals surface area contributed by atoms with Crippen molar-refractivity contribution >= 4 is 16.9 Å². The van der Waals surface area contributed by atoms with Crippen LogP contribution in [0.25, 0.3) is 11.1 Å². The van der Waals surface area contributed by atoms with E-state index < -0.39 is 16.4 Å². The highest BCUT2D eigenvalue weighted by Gasteiger charge is 2.29. The summed E-state index contributed by atoms with van der Waals surface area (Å²) in [6, 6.07) is 13.5. The van der Waals surface area contributed by atoms with Crippen LogP contribution < -0.4 is 15.2 Å². The maximum absolute atomic E-state index is 12.4. The lowest BCUT2D eigenvalue weighted by Crippen LogP contribution is -2.44. The summed E-state index contributed by atoms with van der Waals surface area (Å²) in [7, 11) is 0.266. The summed E-state index contributed by atoms with van der Waals surface area (Å²) in [5.74, 6) is 0.812. The van der Waals surface area contributed by atoms with Gasteiger partial charge in [0.05, 0.1) is 12.0 Å². The zero-order valence-corrected chi connectivity index (χ0v) is 22.1. The number of hydrogen-bond acceptors (Lipinski definition) is 7. The van der Waals surface area contributed by atoms with Crippen LogP contribution in [0.5, 0.6) is 5.75 Å². The summed E-state index contributed by atoms with van der Waals surface area (Å²) >= 11 is 0. The Morgan fingerprint density at radius 1 is 1.09 bits per heavy atom. The fraction of sp³-hybridized carbons (Fsp3) is 0.500. The normalized spacial score (nSPS) is 19.2. The molecule has 0 unspecified atom stereocenters. The van der Waals surface area contributed by atoms with E-state index in [1.165, 1.54) is 0 Å². The van der Waals surface area contributed by atoms with E-state index >= 15 is 0 Å². The molecule has 1 amide bonds. The minimum absolute atomic E-state index is 0.190. The van der Waals surface area contributed by atoms with E-state index in [2.05, 4.69) is 11.4 Å². The summed E-state index contributed by atoms with van der Waals surface area (Å²) in [4.78, 5) is 14.4. The van der Waals surface area contributed by atoms with Crippen molar-refractivity contribution in [3.8, 4) is 16.9 Å². The maximum atomic E-state index is 12.4. The maximum Gasteiger partial charge on any atom is 0.410 e. The lowest BCUT2D eigenvalue weighted by atomic mass is 9.90. The van der Waals surface area contributed by atoms with E-state index in [1.807, 2.05) is 52.1 Å². The third-order valence-corrected chi connectivity index (χ3v) is 7.29. The summed E-state index contributed by atoms with van der Waals surface area (Å²) in [6.07, 6.45) is 3.55. The molecule has 3 rings (SSSR count). The molecule has 9 heteroatoms. The highest BCUT2D eigenvalue weighted by atomic mass is 32.3. The molecule has 0 radical (unpaired) electrons. The van der Waals surface area contributed by atoms with Gasteiger partial charge in [-0.25, -0.2) is 9.93 Å². The molecule has 0 bridgehead atoms. The van der Waals surface area contributed by atoms with Gasteiger partial charge in [-0.1, -0.05) is 18.2 Å². The van der Waals surface area contributed by atoms with E-state index in [-0.39, 0.29) is 12.1 Å². The Hall–Kier alpha value is -2.30. The van der Waals surface area contributed by atoms with Gasteiger partial charge in [0.1, 0.15) is 11.4 Å². The highest BCUT2D eigenvalue weighted by Crippen LogP contribution is 2.40. The Labute approximate surface area is 210 Å². The highest BCUT2D eigenvalue weighted by molar-refractivity contribution is 8.22. The Morgan fingerprint density at radius 2 is 1.69 bits per heavy atom. The Kier molecular flexibility index (Phi) is 8.72. The van der Waals surface area contributed by atoms with Crippen LogP contribution in [0.15, 0.2) is 47.4 Å². The van der Waals surface area contributed by atoms with Crippen LogP contribution in [0.1, 0.15) is 52.0 Å². The number of nitrogens with zero attached hydrogens (tertiary/aromatic N) is 1. The number of methoxy groups -OCH3 is 1. The molecule has 2 aromatic carbocycles. The molecular formula is C26H39N3O5S. The molecule has 0 heterocycles. The largest absolute Gasteiger partial charge is 0.496 e. The van der Waals surface area contributed by atoms with E-state index in [0.717, 1.165) is 48.1 Å². The first-order valence-corrected chi connectivity index (χ1v) is 13.5. The minimum Gasteiger partial charge on any atom is -0.496 e. The first kappa shape index (κ1) is 27.3. The first-order chi connectivity index (χ1) is 16.4. The Balaban J connectivity index is 1.59. The van der Waals surface area contributed by atoms with Crippen LogP contribution in [0.2, 0.25) is 0 Å². The Bertz CT molecular complexity index is 994. The average molecular weight is 506 g/mol. The first-order valence-electron chi connectivity index (χ1n) is 11.9. The molecule has 1 saturated carbocycles. The molecule has 0 atom stereocenters. The summed E-state index contributed by atoms with van der Waals surface area (Å²) in [5.41, 5.74) is 2.51. The van der Waals surface area contributed by atoms with Crippen molar-refractivity contribution in [1.82, 2.24) is 10.2 Å². The van der Waals surface area contributed by atoms with Crippen LogP contribution in [0.3, 0.4) is 0 Å². The van der Waals surface area contributed by atoms with Gasteiger partial charge in [0, 0.05) is 31.2 Å². The van der Waals surface area contributed by atoms with Crippen molar-refractivity contribution in [3.63, 3.8) is 0 Å². The van der Waals surface area contributed by atoms with Crippen molar-refractivity contribution in [2.24, 2.45) is 5.14 Å². The number of nitrogens with one attached hydrogen (secondary N) is 1. The van der Waals surface area contributed by atoms with Gasteiger partial charge in [-0.3, -0.25) is 9.11 Å². The van der Waals surface area contributed by atoms with E-state index in [0.29, 0.717) is 17.5 Å². The van der Waals surface area contributed by atoms with Crippen LogP contribution in [-0.2, 0) is 11.3 Å². The van der Waals surface area contributed by atoms with Crippen molar-refractivity contribution < 1.29 is 23.4 Å². The molecule has 0 aromatic heterocycles. The van der Waals surface area contributed by atoms with Gasteiger partial charge >= 0.3 is 6.09 Å². The van der Waals surface area contributed by atoms with Gasteiger partial charge in [-0.2, -0.15) is 0 Å². The number of hydrogen-bond donors (Lipinski definition) is 4. The van der Waals surface area contributed by atoms with Crippen LogP contribution in [0.4, 0.5) is 4.79 Å². The number of benzene rings is 2. The summed E-state index contributed by atoms with van der Waals surface area (Å²) in [5, 5.41) is 9.08. The predicted molar refractivity (Wildman–Crippen MR) is 141 cm³/mol. The number of carbonyl (C=O) groups is 1. The molecule has 5 N–H and O–H groups in total. The molecule has 0 aliphatic heterocycles. The molecular weight excluding hydrogens is 466 g/mol. The molecule has 194 valence electrons. The molecule has 8 nitrogen and oxygen atoms in total. The predicted octanol–water partition coefficient (Wildman–Crippen LogP) is 5.61. The summed E-state index contributed by atoms with van der Waals surface area (Å²) in [6.45, 7) is 6.31. The third kappa shape index (κ3) is 7.59. The SMILES string of the molecule is COc1ccc(-c2ccc(S(N)(O)O)cc2)cc1CNC1CCC(N(C)C(=O)OC(C)(C)C)CC1. The van der Waals surface area contributed by atoms with Crippen LogP contribution in [-0.4, -0.2) is 51.9 Å². The van der Waals surface area contributed by atoms with E-state index in [1.54, 1.807) is 24.1 Å². The number of nitrogens with two attached hydrogens (primary N) is 1. The fourth-order valence-corrected chi connectivity index (χ4v) is 4.89. The molecule has 0 saturated heterocycles. The van der Waals surface area contributed by atoms with Gasteiger partial charge in [-0.15, -0.1) is 10.8 Å². The molecule has 0 spiro atoms. The monoisotopic (exact) mass is 505 g/mol. The zero-order chi connectivity index (χ0) is 25.8. The van der Waals surface area contributed by atoms with Gasteiger partial charge in [0.25, 0.3) is 0 Å². The van der Waals surface area contributed by atoms with Crippen molar-refractivity contribution in [1.29, 1.82) is 0 Å². The number of amides is 1. The smallest absolute Gasteiger partial charge is 0.410 e. The second-order valence-corrected chi connectivity index (χ2v) is 11.8. The second kappa shape index (κ2) is 11.2. The van der Waals surface area contributed by atoms with Crippen LogP contribution in [0, 0.1) is 0 Å². The van der Waals surface area contributed by atoms with E-state index in [9.17, 15) is 13.9 Å². The average Bonchev–Trinajstić information content (AvgIpc) is 2.81. The molecule has 1 aliphatic rings. The van der Waals surface area contributed by atoms with Gasteiger partial charge in [0.15, 0.2) is 0 Å². The standard InChI is InChI=1S/C26H39N3O5S/c1-26(2,3)34-25(30)29(4)22-11-9-21(10-12-22)28-17-20-16-19(8-15-24(20)33-5)18-6-13-23(14-7-18)35(27,31)32/h6-8,13-16,21-22,28,31-32H,9-12,17,27H2,1-5H3. The molecule has 1 aliphatic carbocycles. The number of ether oxygens (including phenoxy) is 2. The number of carbonyl (C=O) groups excluding carboxylic acids is 1. The van der Waals surface area contributed by atoms with Crippen LogP contribution >= 0.6 is 10.8 Å². The van der Waals surface area contributed by atoms with Gasteiger partial charge in [-0.05, 0) is 81.8 Å². The topological polar surface area (TPSA) is 117 Å². The van der Waals surface area contributed by atoms with Crippen molar-refractivity contribution in [3.05, 3.63) is 48.0 Å². The molecule has 2 aromatic rings. The fourth-order valence-electron chi connectivity index (χ4n) is 4.35. The lowest BCUT2D eigenvalue weighted by molar-refractivity contribution is 0.0179. The molecule has 35 heavy (non-hydrogen) atoms. The lowest BCUT2D eigenvalue weighted by Gasteiger charge is -2.36. The van der Waals surface area contributed by atoms with Gasteiger partial charge < -0.3 is 19.7 Å². The second-order valence-electron chi connectivity index (χ2n) is 10.1. The third-order valence-electron chi connectivity index (χ3n) is 6.32. The number of rotatable bonds is 7. The molecule has 1 fully saturated rings. The van der Waals surface area contributed by atoms with E-state index in [4.69, 9.17) is 14.6 Å². The Morgan fingerprint density at radius 3 is 2.23 bits per heavy atom. The summed E-state index contributed by atoms with van der Waals surface area (Å²) < 4.78 is 30.4. The quantitative estimate of drug-likeness (QED) is 0.386. The minimum atomic E-state index is -3.22.